The van der Waals surface area contributed by atoms with E-state index in [2.05, 4.69) is 17.2 Å². The molecule has 0 spiro atoms. The molecule has 0 bridgehead atoms. The molecule has 0 saturated heterocycles. The number of hydrogen-bond donors (Lipinski definition) is 0. The van der Waals surface area contributed by atoms with E-state index in [0.717, 1.165) is 43.7 Å². The molecule has 1 fully saturated rings. The van der Waals surface area contributed by atoms with Crippen LogP contribution in [0, 0.1) is 5.92 Å². The van der Waals surface area contributed by atoms with Crippen LogP contribution in [0.1, 0.15) is 48.8 Å². The van der Waals surface area contributed by atoms with Crippen LogP contribution in [0.3, 0.4) is 0 Å². The summed E-state index contributed by atoms with van der Waals surface area (Å²) in [4.78, 5) is 10.8. The van der Waals surface area contributed by atoms with Crippen molar-refractivity contribution < 1.29 is 4.79 Å². The second kappa shape index (κ2) is 4.55. The number of nitrogens with zero attached hydrogens (tertiary/aromatic N) is 3. The van der Waals surface area contributed by atoms with Crippen molar-refractivity contribution in [2.24, 2.45) is 5.92 Å². The number of carbonyl (C=O) groups is 1. The molecule has 0 N–H and O–H groups in total. The van der Waals surface area contributed by atoms with E-state index >= 15 is 0 Å². The predicted octanol–water partition coefficient (Wildman–Crippen LogP) is 1.84. The second-order valence-electron chi connectivity index (χ2n) is 4.26. The van der Waals surface area contributed by atoms with E-state index in [1.54, 1.807) is 0 Å². The molecule has 82 valence electrons. The molecule has 1 aromatic rings. The molecular weight excluding hydrogens is 190 g/mol. The Balaban J connectivity index is 2.11. The quantitative estimate of drug-likeness (QED) is 0.669. The first-order valence-corrected chi connectivity index (χ1v) is 5.72. The number of aromatic nitrogens is 3. The summed E-state index contributed by atoms with van der Waals surface area (Å²) >= 11 is 0. The van der Waals surface area contributed by atoms with Crippen molar-refractivity contribution in [1.29, 1.82) is 0 Å². The van der Waals surface area contributed by atoms with E-state index in [4.69, 9.17) is 0 Å². The molecule has 15 heavy (non-hydrogen) atoms. The Labute approximate surface area is 89.7 Å². The molecule has 0 aromatic carbocycles. The van der Waals surface area contributed by atoms with Crippen molar-refractivity contribution in [2.45, 2.75) is 45.6 Å². The fourth-order valence-corrected chi connectivity index (χ4v) is 1.73. The number of carbonyl (C=O) groups excluding carboxylic acids is 1. The molecular formula is C11H17N3O. The predicted molar refractivity (Wildman–Crippen MR) is 56.7 cm³/mol. The number of hydrogen-bond acceptors (Lipinski definition) is 3. The molecule has 2 rings (SSSR count). The first-order valence-electron chi connectivity index (χ1n) is 5.72. The van der Waals surface area contributed by atoms with Crippen LogP contribution in [0.5, 0.6) is 0 Å². The lowest BCUT2D eigenvalue weighted by atomic mass is 10.2. The largest absolute Gasteiger partial charge is 0.296 e. The average Bonchev–Trinajstić information content (AvgIpc) is 2.97. The van der Waals surface area contributed by atoms with Gasteiger partial charge in [0.25, 0.3) is 0 Å². The summed E-state index contributed by atoms with van der Waals surface area (Å²) in [6, 6.07) is 0. The summed E-state index contributed by atoms with van der Waals surface area (Å²) in [6.07, 6.45) is 6.62. The number of aryl methyl sites for hydroxylation is 1. The second-order valence-corrected chi connectivity index (χ2v) is 4.26. The first kappa shape index (κ1) is 10.3. The maximum absolute atomic E-state index is 10.8. The summed E-state index contributed by atoms with van der Waals surface area (Å²) in [5, 5.41) is 7.95. The lowest BCUT2D eigenvalue weighted by Gasteiger charge is -2.04. The highest BCUT2D eigenvalue weighted by Gasteiger charge is 2.25. The molecule has 4 heteroatoms. The van der Waals surface area contributed by atoms with Crippen LogP contribution in [0.2, 0.25) is 0 Å². The average molecular weight is 207 g/mol. The van der Waals surface area contributed by atoms with Gasteiger partial charge in [0.1, 0.15) is 5.69 Å². The molecule has 0 unspecified atom stereocenters. The van der Waals surface area contributed by atoms with Crippen molar-refractivity contribution in [2.75, 3.05) is 0 Å². The molecule has 4 nitrogen and oxygen atoms in total. The van der Waals surface area contributed by atoms with Gasteiger partial charge in [-0.25, -0.2) is 4.68 Å². The van der Waals surface area contributed by atoms with E-state index < -0.39 is 0 Å². The SMILES string of the molecule is CCCCn1nnc(C=O)c1CC1CC1. The van der Waals surface area contributed by atoms with Gasteiger partial charge in [0, 0.05) is 6.54 Å². The molecule has 1 aromatic heterocycles. The Hall–Kier alpha value is -1.19. The summed E-state index contributed by atoms with van der Waals surface area (Å²) in [5.74, 6) is 0.766. The van der Waals surface area contributed by atoms with Crippen LogP contribution in [0.15, 0.2) is 0 Å². The van der Waals surface area contributed by atoms with Gasteiger partial charge in [-0.05, 0) is 31.6 Å². The van der Waals surface area contributed by atoms with E-state index in [1.165, 1.54) is 12.8 Å². The van der Waals surface area contributed by atoms with E-state index in [1.807, 2.05) is 4.68 Å². The minimum absolute atomic E-state index is 0.540. The van der Waals surface area contributed by atoms with Gasteiger partial charge in [0.15, 0.2) is 6.29 Å². The van der Waals surface area contributed by atoms with Gasteiger partial charge in [-0.1, -0.05) is 18.6 Å². The lowest BCUT2D eigenvalue weighted by Crippen LogP contribution is -2.07. The molecule has 1 heterocycles. The Morgan fingerprint density at radius 1 is 1.53 bits per heavy atom. The number of aldehydes is 1. The van der Waals surface area contributed by atoms with Crippen molar-refractivity contribution in [3.63, 3.8) is 0 Å². The molecule has 0 amide bonds. The van der Waals surface area contributed by atoms with Crippen LogP contribution in [0.4, 0.5) is 0 Å². The van der Waals surface area contributed by atoms with Crippen molar-refractivity contribution >= 4 is 6.29 Å². The maximum atomic E-state index is 10.8. The molecule has 1 saturated carbocycles. The maximum Gasteiger partial charge on any atom is 0.172 e. The van der Waals surface area contributed by atoms with Gasteiger partial charge < -0.3 is 0 Å². The van der Waals surface area contributed by atoms with Crippen LogP contribution in [-0.2, 0) is 13.0 Å². The monoisotopic (exact) mass is 207 g/mol. The Morgan fingerprint density at radius 3 is 2.93 bits per heavy atom. The highest BCUT2D eigenvalue weighted by molar-refractivity contribution is 5.73. The first-order chi connectivity index (χ1) is 7.35. The zero-order valence-electron chi connectivity index (χ0n) is 9.15. The highest BCUT2D eigenvalue weighted by atomic mass is 16.1. The molecule has 0 radical (unpaired) electrons. The third kappa shape index (κ3) is 2.43. The van der Waals surface area contributed by atoms with Gasteiger partial charge >= 0.3 is 0 Å². The minimum atomic E-state index is 0.540. The van der Waals surface area contributed by atoms with Gasteiger partial charge in [0.2, 0.25) is 0 Å². The van der Waals surface area contributed by atoms with Crippen molar-refractivity contribution in [3.8, 4) is 0 Å². The normalized spacial score (nSPS) is 15.5. The fraction of sp³-hybridized carbons (Fsp3) is 0.727. The third-order valence-electron chi connectivity index (χ3n) is 2.88. The fourth-order valence-electron chi connectivity index (χ4n) is 1.73. The van der Waals surface area contributed by atoms with Gasteiger partial charge in [0.05, 0.1) is 5.69 Å². The Kier molecular flexibility index (Phi) is 3.14. The lowest BCUT2D eigenvalue weighted by molar-refractivity contribution is 0.111. The van der Waals surface area contributed by atoms with Crippen LogP contribution in [-0.4, -0.2) is 21.3 Å². The third-order valence-corrected chi connectivity index (χ3v) is 2.88. The minimum Gasteiger partial charge on any atom is -0.296 e. The molecule has 0 atom stereocenters. The zero-order valence-corrected chi connectivity index (χ0v) is 9.15. The smallest absolute Gasteiger partial charge is 0.172 e. The summed E-state index contributed by atoms with van der Waals surface area (Å²) < 4.78 is 1.91. The van der Waals surface area contributed by atoms with Gasteiger partial charge in [-0.15, -0.1) is 5.10 Å². The number of rotatable bonds is 6. The van der Waals surface area contributed by atoms with Gasteiger partial charge in [-0.2, -0.15) is 0 Å². The Bertz CT molecular complexity index is 342. The van der Waals surface area contributed by atoms with Crippen LogP contribution < -0.4 is 0 Å². The summed E-state index contributed by atoms with van der Waals surface area (Å²) in [7, 11) is 0. The zero-order chi connectivity index (χ0) is 10.7. The van der Waals surface area contributed by atoms with E-state index in [0.29, 0.717) is 5.69 Å². The van der Waals surface area contributed by atoms with Crippen LogP contribution >= 0.6 is 0 Å². The molecule has 0 aliphatic heterocycles. The van der Waals surface area contributed by atoms with E-state index in [9.17, 15) is 4.79 Å². The summed E-state index contributed by atoms with van der Waals surface area (Å²) in [5.41, 5.74) is 1.58. The van der Waals surface area contributed by atoms with E-state index in [-0.39, 0.29) is 0 Å². The molecule has 1 aliphatic carbocycles. The highest BCUT2D eigenvalue weighted by Crippen LogP contribution is 2.32. The summed E-state index contributed by atoms with van der Waals surface area (Å²) in [6.45, 7) is 3.04. The standard InChI is InChI=1S/C11H17N3O/c1-2-3-6-14-11(7-9-4-5-9)10(8-15)12-13-14/h8-9H,2-7H2,1H3. The Morgan fingerprint density at radius 2 is 2.33 bits per heavy atom. The van der Waals surface area contributed by atoms with Crippen molar-refractivity contribution in [3.05, 3.63) is 11.4 Å². The molecule has 1 aliphatic rings. The number of unbranched alkanes of at least 4 members (excludes halogenated alkanes) is 1. The van der Waals surface area contributed by atoms with Gasteiger partial charge in [-0.3, -0.25) is 4.79 Å². The topological polar surface area (TPSA) is 47.8 Å². The van der Waals surface area contributed by atoms with Crippen molar-refractivity contribution in [1.82, 2.24) is 15.0 Å². The van der Waals surface area contributed by atoms with Crippen LogP contribution in [0.25, 0.3) is 0 Å².